The smallest absolute Gasteiger partial charge is 0.433 e. The number of H-pyrrole nitrogens is 1. The molecule has 0 unspecified atom stereocenters. The average Bonchev–Trinajstić information content (AvgIpc) is 3.34. The number of halogens is 3. The number of anilines is 2. The van der Waals surface area contributed by atoms with Crippen LogP contribution in [-0.4, -0.2) is 48.5 Å². The molecule has 2 aromatic carbocycles. The normalized spacial score (nSPS) is 14.7. The Balaban J connectivity index is 1.43. The Hall–Kier alpha value is -3.75. The summed E-state index contributed by atoms with van der Waals surface area (Å²) < 4.78 is 45.4. The Kier molecular flexibility index (Phi) is 5.32. The molecule has 0 saturated carbocycles. The fourth-order valence-corrected chi connectivity index (χ4v) is 4.31. The Morgan fingerprint density at radius 1 is 0.970 bits per heavy atom. The van der Waals surface area contributed by atoms with E-state index in [1.807, 2.05) is 24.3 Å². The van der Waals surface area contributed by atoms with Gasteiger partial charge >= 0.3 is 6.18 Å². The van der Waals surface area contributed by atoms with Gasteiger partial charge in [0.1, 0.15) is 11.4 Å². The van der Waals surface area contributed by atoms with Crippen LogP contribution in [0.2, 0.25) is 0 Å². The number of hydrogen-bond donors (Lipinski definition) is 1. The molecule has 6 nitrogen and oxygen atoms in total. The van der Waals surface area contributed by atoms with E-state index in [0.29, 0.717) is 5.56 Å². The molecule has 0 atom stereocenters. The van der Waals surface area contributed by atoms with Gasteiger partial charge in [-0.15, -0.1) is 0 Å². The van der Waals surface area contributed by atoms with Gasteiger partial charge in [-0.25, -0.2) is 0 Å². The van der Waals surface area contributed by atoms with Gasteiger partial charge in [0.2, 0.25) is 0 Å². The first-order valence-corrected chi connectivity index (χ1v) is 10.6. The standard InChI is InChI=1S/C24H22F3N5O/c1-33-18-4-2-3-17(14-18)31-9-11-32(12-10-31)22-7-8-28-21-6-5-16(13-19(21)22)20-15-29-30-23(20)24(25,26)27/h2-8,13-15H,9-12H2,1H3,(H,29,30). The topological polar surface area (TPSA) is 57.3 Å². The summed E-state index contributed by atoms with van der Waals surface area (Å²) in [5.74, 6) is 0.819. The number of fused-ring (bicyclic) bond motifs is 1. The van der Waals surface area contributed by atoms with Crippen LogP contribution in [0.1, 0.15) is 5.69 Å². The zero-order chi connectivity index (χ0) is 23.0. The minimum atomic E-state index is -4.50. The van der Waals surface area contributed by atoms with Crippen molar-refractivity contribution in [2.75, 3.05) is 43.1 Å². The summed E-state index contributed by atoms with van der Waals surface area (Å²) in [5, 5.41) is 6.52. The number of nitrogens with zero attached hydrogens (tertiary/aromatic N) is 4. The maximum Gasteiger partial charge on any atom is 0.433 e. The van der Waals surface area contributed by atoms with E-state index < -0.39 is 11.9 Å². The molecule has 3 heterocycles. The van der Waals surface area contributed by atoms with Gasteiger partial charge < -0.3 is 14.5 Å². The molecule has 0 spiro atoms. The quantitative estimate of drug-likeness (QED) is 0.472. The number of nitrogens with one attached hydrogen (secondary N) is 1. The molecular formula is C24H22F3N5O. The molecule has 0 radical (unpaired) electrons. The van der Waals surface area contributed by atoms with Crippen molar-refractivity contribution in [1.29, 1.82) is 0 Å². The summed E-state index contributed by atoms with van der Waals surface area (Å²) >= 11 is 0. The molecule has 0 bridgehead atoms. The second-order valence-corrected chi connectivity index (χ2v) is 7.89. The molecule has 170 valence electrons. The Morgan fingerprint density at radius 2 is 1.76 bits per heavy atom. The van der Waals surface area contributed by atoms with Gasteiger partial charge in [-0.1, -0.05) is 12.1 Å². The van der Waals surface area contributed by atoms with Crippen LogP contribution in [0.4, 0.5) is 24.5 Å². The van der Waals surface area contributed by atoms with Crippen LogP contribution in [0.25, 0.3) is 22.0 Å². The van der Waals surface area contributed by atoms with Crippen LogP contribution < -0.4 is 14.5 Å². The number of piperazine rings is 1. The fourth-order valence-electron chi connectivity index (χ4n) is 4.31. The van der Waals surface area contributed by atoms with Crippen LogP contribution >= 0.6 is 0 Å². The summed E-state index contributed by atoms with van der Waals surface area (Å²) in [4.78, 5) is 8.97. The average molecular weight is 453 g/mol. The highest BCUT2D eigenvalue weighted by molar-refractivity contribution is 5.95. The molecule has 2 aromatic heterocycles. The van der Waals surface area contributed by atoms with Crippen molar-refractivity contribution in [2.45, 2.75) is 6.18 Å². The lowest BCUT2D eigenvalue weighted by Gasteiger charge is -2.37. The third-order valence-electron chi connectivity index (χ3n) is 5.99. The Morgan fingerprint density at radius 3 is 2.52 bits per heavy atom. The van der Waals surface area contributed by atoms with Gasteiger partial charge in [0.05, 0.1) is 18.8 Å². The molecule has 0 amide bonds. The number of alkyl halides is 3. The molecule has 1 N–H and O–H groups in total. The molecule has 1 saturated heterocycles. The van der Waals surface area contributed by atoms with E-state index >= 15 is 0 Å². The number of rotatable bonds is 4. The van der Waals surface area contributed by atoms with Crippen LogP contribution in [-0.2, 0) is 6.18 Å². The van der Waals surface area contributed by atoms with E-state index in [-0.39, 0.29) is 5.56 Å². The lowest BCUT2D eigenvalue weighted by molar-refractivity contribution is -0.140. The number of methoxy groups -OCH3 is 1. The molecule has 1 aliphatic rings. The summed E-state index contributed by atoms with van der Waals surface area (Å²) in [6, 6.07) is 15.1. The van der Waals surface area contributed by atoms with Gasteiger partial charge in [0.15, 0.2) is 0 Å². The number of benzene rings is 2. The minimum Gasteiger partial charge on any atom is -0.497 e. The number of ether oxygens (including phenoxy) is 1. The summed E-state index contributed by atoms with van der Waals surface area (Å²) in [7, 11) is 1.65. The molecule has 5 rings (SSSR count). The maximum absolute atomic E-state index is 13.4. The van der Waals surface area contributed by atoms with E-state index in [1.54, 1.807) is 31.5 Å². The largest absolute Gasteiger partial charge is 0.497 e. The first kappa shape index (κ1) is 21.1. The van der Waals surface area contributed by atoms with Gasteiger partial charge in [0.25, 0.3) is 0 Å². The van der Waals surface area contributed by atoms with Crippen molar-refractivity contribution in [3.63, 3.8) is 0 Å². The van der Waals surface area contributed by atoms with Crippen LogP contribution in [0.5, 0.6) is 5.75 Å². The molecule has 1 fully saturated rings. The summed E-state index contributed by atoms with van der Waals surface area (Å²) in [6.45, 7) is 3.19. The third-order valence-corrected chi connectivity index (χ3v) is 5.99. The zero-order valence-corrected chi connectivity index (χ0v) is 17.9. The third kappa shape index (κ3) is 4.06. The predicted octanol–water partition coefficient (Wildman–Crippen LogP) is 4.98. The SMILES string of the molecule is COc1cccc(N2CCN(c3ccnc4ccc(-c5cn[nH]c5C(F)(F)F)cc34)CC2)c1. The second-order valence-electron chi connectivity index (χ2n) is 7.89. The highest BCUT2D eigenvalue weighted by atomic mass is 19.4. The Bertz CT molecular complexity index is 1280. The van der Waals surface area contributed by atoms with Crippen molar-refractivity contribution in [3.8, 4) is 16.9 Å². The fraction of sp³-hybridized carbons (Fsp3) is 0.250. The van der Waals surface area contributed by atoms with Gasteiger partial charge in [-0.3, -0.25) is 10.1 Å². The van der Waals surface area contributed by atoms with Crippen LogP contribution in [0, 0.1) is 0 Å². The number of hydrogen-bond acceptors (Lipinski definition) is 5. The first-order valence-electron chi connectivity index (χ1n) is 10.6. The number of aromatic nitrogens is 3. The molecule has 4 aromatic rings. The molecule has 33 heavy (non-hydrogen) atoms. The molecule has 0 aliphatic carbocycles. The van der Waals surface area contributed by atoms with Crippen molar-refractivity contribution >= 4 is 22.3 Å². The van der Waals surface area contributed by atoms with Crippen molar-refractivity contribution in [3.05, 3.63) is 66.6 Å². The predicted molar refractivity (Wildman–Crippen MR) is 122 cm³/mol. The monoisotopic (exact) mass is 453 g/mol. The van der Waals surface area contributed by atoms with Gasteiger partial charge in [-0.2, -0.15) is 18.3 Å². The Labute approximate surface area is 188 Å². The highest BCUT2D eigenvalue weighted by Crippen LogP contribution is 2.37. The lowest BCUT2D eigenvalue weighted by Crippen LogP contribution is -2.46. The second kappa shape index (κ2) is 8.31. The van der Waals surface area contributed by atoms with E-state index in [0.717, 1.165) is 54.2 Å². The first-order chi connectivity index (χ1) is 15.9. The molecule has 1 aliphatic heterocycles. The van der Waals surface area contributed by atoms with Crippen molar-refractivity contribution in [2.24, 2.45) is 0 Å². The zero-order valence-electron chi connectivity index (χ0n) is 17.9. The van der Waals surface area contributed by atoms with Gasteiger partial charge in [-0.05, 0) is 35.9 Å². The lowest BCUT2D eigenvalue weighted by atomic mass is 10.0. The molecule has 9 heteroatoms. The van der Waals surface area contributed by atoms with Crippen LogP contribution in [0.15, 0.2) is 60.9 Å². The van der Waals surface area contributed by atoms with E-state index in [4.69, 9.17) is 4.74 Å². The van der Waals surface area contributed by atoms with E-state index in [9.17, 15) is 13.2 Å². The maximum atomic E-state index is 13.4. The summed E-state index contributed by atoms with van der Waals surface area (Å²) in [6.07, 6.45) is -1.55. The number of pyridine rings is 1. The van der Waals surface area contributed by atoms with Crippen molar-refractivity contribution < 1.29 is 17.9 Å². The highest BCUT2D eigenvalue weighted by Gasteiger charge is 2.36. The van der Waals surface area contributed by atoms with E-state index in [1.165, 1.54) is 6.20 Å². The molecular weight excluding hydrogens is 431 g/mol. The van der Waals surface area contributed by atoms with Gasteiger partial charge in [0, 0.05) is 60.8 Å². The number of aromatic amines is 1. The minimum absolute atomic E-state index is 0.0297. The summed E-state index contributed by atoms with van der Waals surface area (Å²) in [5.41, 5.74) is 2.44. The van der Waals surface area contributed by atoms with Crippen molar-refractivity contribution in [1.82, 2.24) is 15.2 Å². The van der Waals surface area contributed by atoms with E-state index in [2.05, 4.69) is 31.0 Å². The van der Waals surface area contributed by atoms with Crippen LogP contribution in [0.3, 0.4) is 0 Å².